The second-order valence-corrected chi connectivity index (χ2v) is 4.91. The summed E-state index contributed by atoms with van der Waals surface area (Å²) < 4.78 is 66.7. The van der Waals surface area contributed by atoms with Gasteiger partial charge in [-0.05, 0) is 13.0 Å². The maximum absolute atomic E-state index is 13.9. The van der Waals surface area contributed by atoms with E-state index in [1.165, 1.54) is 6.92 Å². The Morgan fingerprint density at radius 2 is 1.91 bits per heavy atom. The Bertz CT molecular complexity index is 767. The van der Waals surface area contributed by atoms with Crippen LogP contribution in [0.1, 0.15) is 11.4 Å². The third-order valence-electron chi connectivity index (χ3n) is 2.73. The van der Waals surface area contributed by atoms with Gasteiger partial charge in [0.2, 0.25) is 0 Å². The van der Waals surface area contributed by atoms with Crippen LogP contribution < -0.4 is 11.1 Å². The molecule has 0 radical (unpaired) electrons. The molecule has 0 spiro atoms. The summed E-state index contributed by atoms with van der Waals surface area (Å²) in [5.74, 6) is -2.96. The van der Waals surface area contributed by atoms with Gasteiger partial charge in [-0.25, -0.2) is 13.6 Å². The molecule has 0 unspecified atom stereocenters. The average molecular weight is 434 g/mol. The van der Waals surface area contributed by atoms with Crippen LogP contribution in [0.2, 0.25) is 0 Å². The standard InChI is InChI=1S/C11H8F5IN4O/c1-5-19-21(10(22)20(5)18-4-17)9-3-7(12)6(2-8(9)13)11(14,15)16/h2-3,18H,4H2,1H3. The van der Waals surface area contributed by atoms with E-state index in [4.69, 9.17) is 0 Å². The highest BCUT2D eigenvalue weighted by Gasteiger charge is 2.35. The van der Waals surface area contributed by atoms with Crippen LogP contribution in [0, 0.1) is 18.6 Å². The fourth-order valence-electron chi connectivity index (χ4n) is 1.78. The largest absolute Gasteiger partial charge is 0.419 e. The van der Waals surface area contributed by atoms with E-state index in [2.05, 4.69) is 10.5 Å². The predicted octanol–water partition coefficient (Wildman–Crippen LogP) is 2.58. The number of aromatic nitrogens is 3. The maximum atomic E-state index is 13.9. The van der Waals surface area contributed by atoms with E-state index >= 15 is 0 Å². The number of halogens is 6. The van der Waals surface area contributed by atoms with E-state index in [1.807, 2.05) is 22.6 Å². The minimum atomic E-state index is -5.04. The summed E-state index contributed by atoms with van der Waals surface area (Å²) in [5, 5.41) is 3.71. The molecule has 1 heterocycles. The third kappa shape index (κ3) is 2.94. The van der Waals surface area contributed by atoms with Gasteiger partial charge in [0.05, 0.1) is 10.1 Å². The molecule has 0 saturated carbocycles. The quantitative estimate of drug-likeness (QED) is 0.350. The number of hydrogen-bond acceptors (Lipinski definition) is 3. The monoisotopic (exact) mass is 434 g/mol. The molecule has 0 atom stereocenters. The van der Waals surface area contributed by atoms with Crippen LogP contribution in [0.3, 0.4) is 0 Å². The lowest BCUT2D eigenvalue weighted by Crippen LogP contribution is -2.30. The molecular formula is C11H8F5IN4O. The molecule has 0 amide bonds. The zero-order valence-electron chi connectivity index (χ0n) is 10.9. The molecule has 2 rings (SSSR count). The summed E-state index contributed by atoms with van der Waals surface area (Å²) in [7, 11) is 0. The van der Waals surface area contributed by atoms with Gasteiger partial charge in [0.1, 0.15) is 17.3 Å². The molecule has 1 N–H and O–H groups in total. The van der Waals surface area contributed by atoms with Crippen molar-refractivity contribution in [1.82, 2.24) is 14.5 Å². The van der Waals surface area contributed by atoms with Crippen LogP contribution in [0.15, 0.2) is 16.9 Å². The first-order valence-electron chi connectivity index (χ1n) is 5.72. The van der Waals surface area contributed by atoms with Crippen molar-refractivity contribution in [1.29, 1.82) is 0 Å². The van der Waals surface area contributed by atoms with Crippen LogP contribution >= 0.6 is 22.6 Å². The molecule has 0 fully saturated rings. The van der Waals surface area contributed by atoms with E-state index in [0.29, 0.717) is 15.3 Å². The molecule has 0 bridgehead atoms. The van der Waals surface area contributed by atoms with Crippen LogP contribution in [0.4, 0.5) is 22.0 Å². The Morgan fingerprint density at radius 1 is 1.27 bits per heavy atom. The van der Waals surface area contributed by atoms with Gasteiger partial charge in [-0.15, -0.1) is 5.10 Å². The maximum Gasteiger partial charge on any atom is 0.419 e. The lowest BCUT2D eigenvalue weighted by atomic mass is 10.1. The highest BCUT2D eigenvalue weighted by atomic mass is 127. The summed E-state index contributed by atoms with van der Waals surface area (Å²) in [6, 6.07) is 0.289. The van der Waals surface area contributed by atoms with Crippen LogP contribution in [-0.2, 0) is 6.18 Å². The molecule has 0 aliphatic carbocycles. The van der Waals surface area contributed by atoms with Crippen molar-refractivity contribution in [2.45, 2.75) is 13.1 Å². The van der Waals surface area contributed by atoms with Gasteiger partial charge >= 0.3 is 11.9 Å². The summed E-state index contributed by atoms with van der Waals surface area (Å²) in [6.45, 7) is 1.43. The molecule has 1 aromatic heterocycles. The Balaban J connectivity index is 2.63. The fraction of sp³-hybridized carbons (Fsp3) is 0.273. The minimum Gasteiger partial charge on any atom is -0.310 e. The first-order valence-corrected chi connectivity index (χ1v) is 7.24. The minimum absolute atomic E-state index is 0.00276. The van der Waals surface area contributed by atoms with Crippen molar-refractivity contribution >= 4 is 22.6 Å². The molecule has 0 saturated heterocycles. The molecule has 2 aromatic rings. The number of benzene rings is 1. The normalized spacial score (nSPS) is 11.8. The first kappa shape index (κ1) is 16.7. The first-order chi connectivity index (χ1) is 10.2. The van der Waals surface area contributed by atoms with Gasteiger partial charge in [0, 0.05) is 6.07 Å². The third-order valence-corrected chi connectivity index (χ3v) is 3.07. The second kappa shape index (κ2) is 5.85. The van der Waals surface area contributed by atoms with Gasteiger partial charge in [0.15, 0.2) is 5.82 Å². The van der Waals surface area contributed by atoms with E-state index in [1.54, 1.807) is 0 Å². The Kier molecular flexibility index (Phi) is 4.44. The second-order valence-electron chi connectivity index (χ2n) is 4.15. The van der Waals surface area contributed by atoms with Gasteiger partial charge < -0.3 is 5.43 Å². The summed E-state index contributed by atoms with van der Waals surface area (Å²) >= 11 is 1.91. The Hall–Kier alpha value is -1.66. The molecule has 0 aliphatic rings. The van der Waals surface area contributed by atoms with Crippen molar-refractivity contribution in [2.24, 2.45) is 0 Å². The summed E-state index contributed by atoms with van der Waals surface area (Å²) in [6.07, 6.45) is -5.04. The predicted molar refractivity (Wildman–Crippen MR) is 75.7 cm³/mol. The average Bonchev–Trinajstić information content (AvgIpc) is 2.68. The summed E-state index contributed by atoms with van der Waals surface area (Å²) in [5.41, 5.74) is -0.687. The van der Waals surface area contributed by atoms with Crippen LogP contribution in [0.25, 0.3) is 5.69 Å². The molecule has 120 valence electrons. The van der Waals surface area contributed by atoms with Crippen molar-refractivity contribution in [2.75, 3.05) is 9.98 Å². The van der Waals surface area contributed by atoms with Crippen molar-refractivity contribution in [3.8, 4) is 5.69 Å². The smallest absolute Gasteiger partial charge is 0.310 e. The van der Waals surface area contributed by atoms with Crippen LogP contribution in [-0.4, -0.2) is 19.0 Å². The zero-order chi connectivity index (χ0) is 16.7. The summed E-state index contributed by atoms with van der Waals surface area (Å²) in [4.78, 5) is 12.0. The number of aryl methyl sites for hydroxylation is 1. The van der Waals surface area contributed by atoms with Crippen molar-refractivity contribution in [3.63, 3.8) is 0 Å². The highest BCUT2D eigenvalue weighted by molar-refractivity contribution is 14.1. The van der Waals surface area contributed by atoms with Gasteiger partial charge in [0.25, 0.3) is 0 Å². The van der Waals surface area contributed by atoms with Crippen molar-refractivity contribution in [3.05, 3.63) is 45.6 Å². The van der Waals surface area contributed by atoms with Gasteiger partial charge in [-0.2, -0.15) is 22.5 Å². The van der Waals surface area contributed by atoms with E-state index < -0.39 is 34.8 Å². The number of rotatable bonds is 3. The van der Waals surface area contributed by atoms with E-state index in [-0.39, 0.29) is 11.9 Å². The zero-order valence-corrected chi connectivity index (χ0v) is 13.0. The Labute approximate surface area is 133 Å². The molecule has 1 aromatic carbocycles. The molecule has 22 heavy (non-hydrogen) atoms. The van der Waals surface area contributed by atoms with Crippen molar-refractivity contribution < 1.29 is 22.0 Å². The fourth-order valence-corrected chi connectivity index (χ4v) is 2.12. The topological polar surface area (TPSA) is 51.9 Å². The van der Waals surface area contributed by atoms with E-state index in [0.717, 1.165) is 4.68 Å². The lowest BCUT2D eigenvalue weighted by Gasteiger charge is -2.10. The SMILES string of the molecule is Cc1nn(-c2cc(F)c(C(F)(F)F)cc2F)c(=O)n1NCI. The van der Waals surface area contributed by atoms with E-state index in [9.17, 15) is 26.7 Å². The number of hydrogen-bond donors (Lipinski definition) is 1. The number of nitrogens with one attached hydrogen (secondary N) is 1. The molecular weight excluding hydrogens is 426 g/mol. The lowest BCUT2D eigenvalue weighted by molar-refractivity contribution is -0.140. The number of nitrogens with zero attached hydrogens (tertiary/aromatic N) is 3. The molecule has 11 heteroatoms. The van der Waals surface area contributed by atoms with Gasteiger partial charge in [-0.3, -0.25) is 0 Å². The highest BCUT2D eigenvalue weighted by Crippen LogP contribution is 2.33. The van der Waals surface area contributed by atoms with Crippen LogP contribution in [0.5, 0.6) is 0 Å². The molecule has 5 nitrogen and oxygen atoms in total. The molecule has 0 aliphatic heterocycles. The van der Waals surface area contributed by atoms with Gasteiger partial charge in [-0.1, -0.05) is 22.6 Å². The Morgan fingerprint density at radius 3 is 2.45 bits per heavy atom. The number of alkyl halides is 4.